The smallest absolute Gasteiger partial charge is 0.434 e. The predicted molar refractivity (Wildman–Crippen MR) is 125 cm³/mol. The lowest BCUT2D eigenvalue weighted by Crippen LogP contribution is -2.29. The van der Waals surface area contributed by atoms with Crippen LogP contribution in [0.2, 0.25) is 0 Å². The van der Waals surface area contributed by atoms with Crippen LogP contribution in [0.25, 0.3) is 0 Å². The molecule has 0 heterocycles. The number of ether oxygens (including phenoxy) is 2. The lowest BCUT2D eigenvalue weighted by Gasteiger charge is -2.24. The van der Waals surface area contributed by atoms with E-state index in [2.05, 4.69) is 72.8 Å². The Kier molecular flexibility index (Phi) is 15.8. The normalized spacial score (nSPS) is 12.8. The monoisotopic (exact) mass is 408 g/mol. The summed E-state index contributed by atoms with van der Waals surface area (Å²) in [5.74, 6) is 0.615. The number of hydrogen-bond acceptors (Lipinski definition) is 3. The average molecular weight is 409 g/mol. The van der Waals surface area contributed by atoms with E-state index < -0.39 is 6.16 Å². The first kappa shape index (κ1) is 27.8. The average Bonchev–Trinajstić information content (AvgIpc) is 2.61. The molecule has 0 aliphatic heterocycles. The highest BCUT2D eigenvalue weighted by Crippen LogP contribution is 2.19. The molecule has 0 aromatic heterocycles. The molecule has 0 aliphatic carbocycles. The highest BCUT2D eigenvalue weighted by molar-refractivity contribution is 5.60. The fourth-order valence-corrected chi connectivity index (χ4v) is 3.24. The molecule has 3 heteroatoms. The summed E-state index contributed by atoms with van der Waals surface area (Å²) in [6, 6.07) is 0. The van der Waals surface area contributed by atoms with Crippen LogP contribution in [0, 0.1) is 17.3 Å². The van der Waals surface area contributed by atoms with Gasteiger partial charge in [-0.2, -0.15) is 0 Å². The van der Waals surface area contributed by atoms with Gasteiger partial charge in [-0.1, -0.05) is 98.5 Å². The van der Waals surface area contributed by atoms with Crippen LogP contribution in [-0.4, -0.2) is 18.9 Å². The van der Waals surface area contributed by atoms with Crippen LogP contribution < -0.4 is 0 Å². The Morgan fingerprint density at radius 2 is 1.34 bits per heavy atom. The molecule has 0 aromatic rings. The Hall–Kier alpha value is -1.25. The number of unbranched alkanes of at least 4 members (excludes halogenated alkanes) is 6. The minimum absolute atomic E-state index is 0.0731. The molecule has 170 valence electrons. The molecular weight excluding hydrogens is 360 g/mol. The van der Waals surface area contributed by atoms with E-state index in [0.717, 1.165) is 25.7 Å². The van der Waals surface area contributed by atoms with Crippen molar-refractivity contribution in [2.45, 2.75) is 112 Å². The second-order valence-corrected chi connectivity index (χ2v) is 10.0. The zero-order valence-electron chi connectivity index (χ0n) is 20.3. The molecule has 0 spiro atoms. The molecule has 0 atom stereocenters. The summed E-state index contributed by atoms with van der Waals surface area (Å²) in [6.45, 7) is 15.5. The molecule has 0 saturated heterocycles. The van der Waals surface area contributed by atoms with Gasteiger partial charge in [0.2, 0.25) is 0 Å². The van der Waals surface area contributed by atoms with Gasteiger partial charge in [0.15, 0.2) is 0 Å². The van der Waals surface area contributed by atoms with Crippen LogP contribution in [0.1, 0.15) is 106 Å². The molecule has 0 unspecified atom stereocenters. The Morgan fingerprint density at radius 3 is 1.93 bits per heavy atom. The van der Waals surface area contributed by atoms with Crippen molar-refractivity contribution in [3.8, 4) is 0 Å². The Bertz CT molecular complexity index is 447. The van der Waals surface area contributed by atoms with Gasteiger partial charge in [0.1, 0.15) is 6.10 Å². The first-order valence-corrected chi connectivity index (χ1v) is 11.8. The van der Waals surface area contributed by atoms with E-state index in [0.29, 0.717) is 23.9 Å². The molecule has 29 heavy (non-hydrogen) atoms. The van der Waals surface area contributed by atoms with E-state index in [4.69, 9.17) is 9.47 Å². The maximum atomic E-state index is 11.8. The van der Waals surface area contributed by atoms with Gasteiger partial charge in [0, 0.05) is 0 Å². The zero-order valence-corrected chi connectivity index (χ0v) is 20.3. The van der Waals surface area contributed by atoms with E-state index in [-0.39, 0.29) is 6.10 Å². The number of carbonyl (C=O) groups excluding carboxylic acids is 1. The molecule has 0 rings (SSSR count). The molecular formula is C26H48O3. The first-order valence-electron chi connectivity index (χ1n) is 11.8. The summed E-state index contributed by atoms with van der Waals surface area (Å²) in [7, 11) is 0. The topological polar surface area (TPSA) is 35.5 Å². The Labute approximate surface area is 181 Å². The van der Waals surface area contributed by atoms with E-state index in [1.807, 2.05) is 0 Å². The van der Waals surface area contributed by atoms with Crippen molar-refractivity contribution in [2.75, 3.05) is 6.61 Å². The molecule has 0 N–H and O–H groups in total. The van der Waals surface area contributed by atoms with Crippen molar-refractivity contribution in [2.24, 2.45) is 17.3 Å². The van der Waals surface area contributed by atoms with Crippen LogP contribution in [0.3, 0.4) is 0 Å². The van der Waals surface area contributed by atoms with Crippen LogP contribution in [0.5, 0.6) is 0 Å². The maximum absolute atomic E-state index is 11.8. The lowest BCUT2D eigenvalue weighted by molar-refractivity contribution is -0.0110. The minimum Gasteiger partial charge on any atom is -0.434 e. The molecule has 3 nitrogen and oxygen atoms in total. The molecule has 0 aromatic carbocycles. The van der Waals surface area contributed by atoms with Crippen LogP contribution >= 0.6 is 0 Å². The molecule has 0 fully saturated rings. The molecule has 0 aliphatic rings. The van der Waals surface area contributed by atoms with Crippen molar-refractivity contribution in [3.63, 3.8) is 0 Å². The fourth-order valence-electron chi connectivity index (χ4n) is 3.24. The van der Waals surface area contributed by atoms with E-state index in [1.54, 1.807) is 0 Å². The van der Waals surface area contributed by atoms with Crippen molar-refractivity contribution < 1.29 is 14.3 Å². The molecule has 0 amide bonds. The molecule has 0 bridgehead atoms. The van der Waals surface area contributed by atoms with Gasteiger partial charge in [0.25, 0.3) is 0 Å². The van der Waals surface area contributed by atoms with Gasteiger partial charge >= 0.3 is 6.16 Å². The minimum atomic E-state index is -0.516. The highest BCUT2D eigenvalue weighted by atomic mass is 16.7. The van der Waals surface area contributed by atoms with Crippen LogP contribution in [0.15, 0.2) is 24.3 Å². The predicted octanol–water partition coefficient (Wildman–Crippen LogP) is 8.49. The highest BCUT2D eigenvalue weighted by Gasteiger charge is 2.22. The van der Waals surface area contributed by atoms with E-state index in [9.17, 15) is 4.79 Å². The summed E-state index contributed by atoms with van der Waals surface area (Å²) in [6.07, 6.45) is 19.0. The van der Waals surface area contributed by atoms with Crippen LogP contribution in [-0.2, 0) is 9.47 Å². The van der Waals surface area contributed by atoms with Gasteiger partial charge in [0.05, 0.1) is 6.61 Å². The summed E-state index contributed by atoms with van der Waals surface area (Å²) in [5.41, 5.74) is 0.389. The fraction of sp³-hybridized carbons (Fsp3) is 0.808. The second-order valence-electron chi connectivity index (χ2n) is 10.0. The Morgan fingerprint density at radius 1 is 0.793 bits per heavy atom. The van der Waals surface area contributed by atoms with Crippen molar-refractivity contribution in [3.05, 3.63) is 24.3 Å². The molecule has 0 saturated carbocycles. The third-order valence-corrected chi connectivity index (χ3v) is 4.87. The van der Waals surface area contributed by atoms with Crippen molar-refractivity contribution in [1.82, 2.24) is 0 Å². The summed E-state index contributed by atoms with van der Waals surface area (Å²) >= 11 is 0. The third kappa shape index (κ3) is 18.5. The second kappa shape index (κ2) is 16.5. The van der Waals surface area contributed by atoms with Crippen molar-refractivity contribution >= 4 is 6.16 Å². The van der Waals surface area contributed by atoms with E-state index in [1.165, 1.54) is 32.1 Å². The zero-order chi connectivity index (χ0) is 22.1. The Balaban J connectivity index is 3.51. The quantitative estimate of drug-likeness (QED) is 0.155. The standard InChI is InChI=1S/C26H48O3/c1-22(2)24(23(3)4)29-25(27)28-21-19-17-15-13-11-9-8-10-12-14-16-18-20-26(5,6)7/h10,12,16,18,22-24H,8-9,11,13-15,17,19-21H2,1-7H3/b12-10-,18-16-. The van der Waals surface area contributed by atoms with Gasteiger partial charge in [-0.25, -0.2) is 4.79 Å². The van der Waals surface area contributed by atoms with Gasteiger partial charge in [-0.05, 0) is 49.4 Å². The number of rotatable bonds is 15. The van der Waals surface area contributed by atoms with Gasteiger partial charge in [-0.3, -0.25) is 0 Å². The summed E-state index contributed by atoms with van der Waals surface area (Å²) in [5, 5.41) is 0. The largest absolute Gasteiger partial charge is 0.508 e. The number of carbonyl (C=O) groups is 1. The summed E-state index contributed by atoms with van der Waals surface area (Å²) in [4.78, 5) is 11.8. The van der Waals surface area contributed by atoms with Crippen molar-refractivity contribution in [1.29, 1.82) is 0 Å². The molecule has 0 radical (unpaired) electrons. The third-order valence-electron chi connectivity index (χ3n) is 4.87. The lowest BCUT2D eigenvalue weighted by atomic mass is 9.92. The van der Waals surface area contributed by atoms with Gasteiger partial charge < -0.3 is 9.47 Å². The van der Waals surface area contributed by atoms with Crippen LogP contribution in [0.4, 0.5) is 4.79 Å². The maximum Gasteiger partial charge on any atom is 0.508 e. The number of hydrogen-bond donors (Lipinski definition) is 0. The SMILES string of the molecule is CC(C)C(OC(=O)OCCCCCCCC/C=C\C/C=C\CC(C)(C)C)C(C)C. The van der Waals surface area contributed by atoms with Gasteiger partial charge in [-0.15, -0.1) is 0 Å². The number of allylic oxidation sites excluding steroid dienone is 4. The summed E-state index contributed by atoms with van der Waals surface area (Å²) < 4.78 is 10.6. The van der Waals surface area contributed by atoms with E-state index >= 15 is 0 Å². The first-order chi connectivity index (χ1) is 13.6.